The SMILES string of the molecule is CCOC(=O)CCCCCCNC(=NC)NC(C)CCCN(CC)CC. The van der Waals surface area contributed by atoms with E-state index < -0.39 is 0 Å². The molecule has 0 aromatic carbocycles. The van der Waals surface area contributed by atoms with Crippen molar-refractivity contribution in [1.82, 2.24) is 15.5 Å². The Kier molecular flexibility index (Phi) is 16.3. The van der Waals surface area contributed by atoms with E-state index in [1.165, 1.54) is 6.42 Å². The molecule has 0 bridgehead atoms. The van der Waals surface area contributed by atoms with Gasteiger partial charge in [-0.25, -0.2) is 0 Å². The van der Waals surface area contributed by atoms with Crippen molar-refractivity contribution in [2.45, 2.75) is 78.7 Å². The van der Waals surface area contributed by atoms with Crippen molar-refractivity contribution < 1.29 is 9.53 Å². The number of hydrogen-bond acceptors (Lipinski definition) is 4. The van der Waals surface area contributed by atoms with Gasteiger partial charge in [0.25, 0.3) is 0 Å². The predicted octanol–water partition coefficient (Wildman–Crippen LogP) is 3.18. The smallest absolute Gasteiger partial charge is 0.305 e. The summed E-state index contributed by atoms with van der Waals surface area (Å²) in [5.74, 6) is 0.803. The fourth-order valence-electron chi connectivity index (χ4n) is 2.85. The van der Waals surface area contributed by atoms with Crippen molar-refractivity contribution in [1.29, 1.82) is 0 Å². The van der Waals surface area contributed by atoms with Crippen molar-refractivity contribution in [3.05, 3.63) is 0 Å². The summed E-state index contributed by atoms with van der Waals surface area (Å²) in [6, 6.07) is 0.418. The van der Waals surface area contributed by atoms with E-state index in [4.69, 9.17) is 4.74 Å². The summed E-state index contributed by atoms with van der Waals surface area (Å²) in [4.78, 5) is 18.0. The van der Waals surface area contributed by atoms with Crippen molar-refractivity contribution in [2.75, 3.05) is 39.8 Å². The summed E-state index contributed by atoms with van der Waals surface area (Å²) in [6.45, 7) is 13.3. The highest BCUT2D eigenvalue weighted by Crippen LogP contribution is 2.04. The molecule has 0 aliphatic carbocycles. The zero-order valence-corrected chi connectivity index (χ0v) is 17.8. The quantitative estimate of drug-likeness (QED) is 0.201. The van der Waals surface area contributed by atoms with Gasteiger partial charge >= 0.3 is 5.97 Å². The van der Waals surface area contributed by atoms with Crippen LogP contribution in [0.3, 0.4) is 0 Å². The zero-order chi connectivity index (χ0) is 19.6. The van der Waals surface area contributed by atoms with Gasteiger partial charge in [-0.1, -0.05) is 26.7 Å². The van der Waals surface area contributed by atoms with Crippen LogP contribution in [0.2, 0.25) is 0 Å². The van der Waals surface area contributed by atoms with Gasteiger partial charge in [0.1, 0.15) is 0 Å². The number of ether oxygens (including phenoxy) is 1. The normalized spacial score (nSPS) is 12.9. The lowest BCUT2D eigenvalue weighted by molar-refractivity contribution is -0.143. The number of hydrogen-bond donors (Lipinski definition) is 2. The van der Waals surface area contributed by atoms with Gasteiger partial charge in [0, 0.05) is 26.1 Å². The number of guanidine groups is 1. The van der Waals surface area contributed by atoms with Crippen LogP contribution in [0.4, 0.5) is 0 Å². The number of aliphatic imine (C=N–C) groups is 1. The minimum Gasteiger partial charge on any atom is -0.466 e. The highest BCUT2D eigenvalue weighted by Gasteiger charge is 2.06. The Morgan fingerprint density at radius 1 is 1.08 bits per heavy atom. The molecule has 0 fully saturated rings. The molecule has 6 heteroatoms. The molecule has 0 heterocycles. The zero-order valence-electron chi connectivity index (χ0n) is 17.8. The first kappa shape index (κ1) is 24.7. The van der Waals surface area contributed by atoms with Crippen LogP contribution in [0.5, 0.6) is 0 Å². The highest BCUT2D eigenvalue weighted by molar-refractivity contribution is 5.79. The van der Waals surface area contributed by atoms with Gasteiger partial charge in [0.2, 0.25) is 0 Å². The minimum atomic E-state index is -0.0785. The van der Waals surface area contributed by atoms with Crippen LogP contribution >= 0.6 is 0 Å². The molecule has 0 aliphatic heterocycles. The van der Waals surface area contributed by atoms with Crippen LogP contribution in [-0.4, -0.2) is 62.7 Å². The molecule has 0 rings (SSSR count). The van der Waals surface area contributed by atoms with Crippen molar-refractivity contribution >= 4 is 11.9 Å². The maximum absolute atomic E-state index is 11.2. The first-order chi connectivity index (χ1) is 12.6. The molecule has 1 atom stereocenters. The number of nitrogens with zero attached hydrogens (tertiary/aromatic N) is 2. The predicted molar refractivity (Wildman–Crippen MR) is 111 cm³/mol. The first-order valence-corrected chi connectivity index (χ1v) is 10.4. The molecule has 6 nitrogen and oxygen atoms in total. The van der Waals surface area contributed by atoms with Gasteiger partial charge in [-0.05, 0) is 59.2 Å². The van der Waals surface area contributed by atoms with Gasteiger partial charge in [-0.2, -0.15) is 0 Å². The highest BCUT2D eigenvalue weighted by atomic mass is 16.5. The summed E-state index contributed by atoms with van der Waals surface area (Å²) >= 11 is 0. The van der Waals surface area contributed by atoms with Gasteiger partial charge in [0.05, 0.1) is 6.61 Å². The molecular weight excluding hydrogens is 328 g/mol. The Labute approximate surface area is 161 Å². The monoisotopic (exact) mass is 370 g/mol. The molecule has 0 amide bonds. The van der Waals surface area contributed by atoms with Crippen LogP contribution in [0.25, 0.3) is 0 Å². The third-order valence-electron chi connectivity index (χ3n) is 4.52. The minimum absolute atomic E-state index is 0.0785. The van der Waals surface area contributed by atoms with Crippen molar-refractivity contribution in [3.63, 3.8) is 0 Å². The van der Waals surface area contributed by atoms with E-state index in [2.05, 4.69) is 41.3 Å². The fourth-order valence-corrected chi connectivity index (χ4v) is 2.85. The first-order valence-electron chi connectivity index (χ1n) is 10.4. The molecule has 0 saturated heterocycles. The van der Waals surface area contributed by atoms with Gasteiger partial charge in [-0.3, -0.25) is 9.79 Å². The largest absolute Gasteiger partial charge is 0.466 e. The topological polar surface area (TPSA) is 66.0 Å². The lowest BCUT2D eigenvalue weighted by Crippen LogP contribution is -2.42. The maximum atomic E-state index is 11.2. The fraction of sp³-hybridized carbons (Fsp3) is 0.900. The van der Waals surface area contributed by atoms with Gasteiger partial charge < -0.3 is 20.3 Å². The average Bonchev–Trinajstić information content (AvgIpc) is 2.63. The molecule has 0 aromatic heterocycles. The van der Waals surface area contributed by atoms with E-state index >= 15 is 0 Å². The number of rotatable bonds is 15. The van der Waals surface area contributed by atoms with E-state index in [1.54, 1.807) is 0 Å². The Hall–Kier alpha value is -1.30. The second-order valence-electron chi connectivity index (χ2n) is 6.68. The molecule has 0 aromatic rings. The number of unbranched alkanes of at least 4 members (excludes halogenated alkanes) is 3. The summed E-state index contributed by atoms with van der Waals surface area (Å²) in [6.07, 6.45) is 7.06. The van der Waals surface area contributed by atoms with Crippen molar-refractivity contribution in [2.24, 2.45) is 4.99 Å². The van der Waals surface area contributed by atoms with Crippen LogP contribution in [0.15, 0.2) is 4.99 Å². The van der Waals surface area contributed by atoms with E-state index in [0.29, 0.717) is 19.1 Å². The van der Waals surface area contributed by atoms with E-state index in [1.807, 2.05) is 14.0 Å². The molecule has 0 aliphatic rings. The number of carbonyl (C=O) groups excluding carboxylic acids is 1. The van der Waals surface area contributed by atoms with Gasteiger partial charge in [0.15, 0.2) is 5.96 Å². The second-order valence-corrected chi connectivity index (χ2v) is 6.68. The average molecular weight is 371 g/mol. The number of esters is 1. The molecule has 0 saturated carbocycles. The van der Waals surface area contributed by atoms with E-state index in [0.717, 1.165) is 64.2 Å². The Balaban J connectivity index is 3.71. The summed E-state index contributed by atoms with van der Waals surface area (Å²) in [7, 11) is 1.82. The number of carbonyl (C=O) groups is 1. The summed E-state index contributed by atoms with van der Waals surface area (Å²) in [5, 5.41) is 6.85. The molecule has 0 spiro atoms. The molecule has 1 unspecified atom stereocenters. The third-order valence-corrected chi connectivity index (χ3v) is 4.52. The van der Waals surface area contributed by atoms with Crippen molar-refractivity contribution in [3.8, 4) is 0 Å². The number of nitrogens with one attached hydrogen (secondary N) is 2. The molecule has 2 N–H and O–H groups in total. The molecule has 154 valence electrons. The lowest BCUT2D eigenvalue weighted by atomic mass is 10.1. The van der Waals surface area contributed by atoms with Crippen LogP contribution in [-0.2, 0) is 9.53 Å². The third kappa shape index (κ3) is 13.9. The summed E-state index contributed by atoms with van der Waals surface area (Å²) in [5.41, 5.74) is 0. The standard InChI is InChI=1S/C20H42N4O2/c1-6-24(7-2)17-13-14-18(4)23-20(21-5)22-16-12-10-9-11-15-19(25)26-8-3/h18H,6-17H2,1-5H3,(H2,21,22,23). The molecule has 26 heavy (non-hydrogen) atoms. The van der Waals surface area contributed by atoms with Crippen LogP contribution in [0, 0.1) is 0 Å². The Bertz CT molecular complexity index is 371. The van der Waals surface area contributed by atoms with E-state index in [-0.39, 0.29) is 5.97 Å². The summed E-state index contributed by atoms with van der Waals surface area (Å²) < 4.78 is 4.93. The molecular formula is C20H42N4O2. The van der Waals surface area contributed by atoms with Gasteiger partial charge in [-0.15, -0.1) is 0 Å². The Morgan fingerprint density at radius 2 is 1.77 bits per heavy atom. The second kappa shape index (κ2) is 17.1. The maximum Gasteiger partial charge on any atom is 0.305 e. The van der Waals surface area contributed by atoms with E-state index in [9.17, 15) is 4.79 Å². The molecule has 0 radical (unpaired) electrons. The van der Waals surface area contributed by atoms with Crippen LogP contribution in [0.1, 0.15) is 72.6 Å². The lowest BCUT2D eigenvalue weighted by Gasteiger charge is -2.21. The Morgan fingerprint density at radius 3 is 2.38 bits per heavy atom. The van der Waals surface area contributed by atoms with Crippen LogP contribution < -0.4 is 10.6 Å².